The molecule has 1 aliphatic rings. The van der Waals surface area contributed by atoms with Crippen LogP contribution in [-0.2, 0) is 11.3 Å². The lowest BCUT2D eigenvalue weighted by Gasteiger charge is -2.27. The fourth-order valence-corrected chi connectivity index (χ4v) is 3.36. The van der Waals surface area contributed by atoms with Crippen molar-refractivity contribution in [2.45, 2.75) is 32.1 Å². The predicted octanol–water partition coefficient (Wildman–Crippen LogP) is 4.20. The normalized spacial score (nSPS) is 24.4. The number of hydrogen-bond acceptors (Lipinski definition) is 4. The van der Waals surface area contributed by atoms with E-state index in [1.54, 1.807) is 19.1 Å². The Balaban J connectivity index is 1.72. The third-order valence-corrected chi connectivity index (χ3v) is 4.84. The first-order valence-electron chi connectivity index (χ1n) is 8.66. The summed E-state index contributed by atoms with van der Waals surface area (Å²) in [4.78, 5) is 24.7. The molecular weight excluding hydrogens is 353 g/mol. The molecule has 1 fully saturated rings. The van der Waals surface area contributed by atoms with E-state index >= 15 is 0 Å². The summed E-state index contributed by atoms with van der Waals surface area (Å²) in [5, 5.41) is 9.79. The quantitative estimate of drug-likeness (QED) is 0.812. The second kappa shape index (κ2) is 7.75. The van der Waals surface area contributed by atoms with Crippen LogP contribution in [0.15, 0.2) is 54.6 Å². The molecule has 7 heteroatoms. The van der Waals surface area contributed by atoms with Crippen LogP contribution in [0.25, 0.3) is 0 Å². The highest BCUT2D eigenvalue weighted by atomic mass is 19.1. The van der Waals surface area contributed by atoms with Crippen LogP contribution < -0.4 is 4.74 Å². The van der Waals surface area contributed by atoms with Gasteiger partial charge in [0.15, 0.2) is 6.10 Å². The molecule has 0 spiro atoms. The van der Waals surface area contributed by atoms with Crippen molar-refractivity contribution in [1.82, 2.24) is 0 Å². The van der Waals surface area contributed by atoms with Gasteiger partial charge in [-0.15, -0.1) is 4.48 Å². The van der Waals surface area contributed by atoms with E-state index in [4.69, 9.17) is 9.47 Å². The summed E-state index contributed by atoms with van der Waals surface area (Å²) >= 11 is 0. The smallest absolute Gasteiger partial charge is 0.484 e. The molecule has 0 bridgehead atoms. The first-order valence-corrected chi connectivity index (χ1v) is 8.66. The lowest BCUT2D eigenvalue weighted by atomic mass is 10.2. The maximum atomic E-state index is 13.0. The number of quaternary nitrogens is 1. The molecule has 2 amide bonds. The van der Waals surface area contributed by atoms with Gasteiger partial charge in [0.05, 0.1) is 0 Å². The van der Waals surface area contributed by atoms with Gasteiger partial charge >= 0.3 is 12.2 Å². The van der Waals surface area contributed by atoms with Crippen LogP contribution in [0.2, 0.25) is 0 Å². The molecule has 2 aromatic carbocycles. The number of amides is 2. The molecule has 1 aliphatic heterocycles. The van der Waals surface area contributed by atoms with E-state index in [-0.39, 0.29) is 19.0 Å². The Labute approximate surface area is 156 Å². The second-order valence-electron chi connectivity index (χ2n) is 6.65. The number of carboxylic acid groups (broad SMARTS) is 1. The maximum absolute atomic E-state index is 13.0. The molecule has 3 atom stereocenters. The molecule has 1 N–H and O–H groups in total. The highest BCUT2D eigenvalue weighted by molar-refractivity contribution is 5.75. The number of carbonyl (C=O) groups is 2. The summed E-state index contributed by atoms with van der Waals surface area (Å²) in [6, 6.07) is 14.0. The lowest BCUT2D eigenvalue weighted by Crippen LogP contribution is -2.59. The number of benzene rings is 2. The summed E-state index contributed by atoms with van der Waals surface area (Å²) in [6.45, 7) is 1.64. The van der Waals surface area contributed by atoms with Crippen molar-refractivity contribution >= 4 is 12.2 Å². The molecule has 6 nitrogen and oxygen atoms in total. The highest BCUT2D eigenvalue weighted by Crippen LogP contribution is 2.32. The number of nitrogens with zero attached hydrogens (tertiary/aromatic N) is 1. The first kappa shape index (κ1) is 18.8. The molecule has 27 heavy (non-hydrogen) atoms. The summed E-state index contributed by atoms with van der Waals surface area (Å²) in [5.41, 5.74) is 0.778. The van der Waals surface area contributed by atoms with Crippen LogP contribution >= 0.6 is 0 Å². The van der Waals surface area contributed by atoms with Crippen molar-refractivity contribution in [1.29, 1.82) is 0 Å². The van der Waals surface area contributed by atoms with Crippen LogP contribution in [0.1, 0.15) is 18.9 Å². The maximum Gasteiger partial charge on any atom is 0.527 e. The molecule has 1 saturated heterocycles. The van der Waals surface area contributed by atoms with E-state index in [2.05, 4.69) is 0 Å². The summed E-state index contributed by atoms with van der Waals surface area (Å²) in [5.74, 6) is 0.0407. The van der Waals surface area contributed by atoms with Crippen LogP contribution in [0.5, 0.6) is 5.75 Å². The van der Waals surface area contributed by atoms with Gasteiger partial charge in [0, 0.05) is 6.42 Å². The first-order chi connectivity index (χ1) is 12.9. The van der Waals surface area contributed by atoms with E-state index in [9.17, 15) is 19.1 Å². The summed E-state index contributed by atoms with van der Waals surface area (Å²) < 4.78 is 23.3. The van der Waals surface area contributed by atoms with E-state index < -0.39 is 28.8 Å². The van der Waals surface area contributed by atoms with Crippen molar-refractivity contribution in [3.05, 3.63) is 66.0 Å². The highest BCUT2D eigenvalue weighted by Gasteiger charge is 2.59. The molecule has 0 radical (unpaired) electrons. The van der Waals surface area contributed by atoms with Crippen molar-refractivity contribution in [3.63, 3.8) is 0 Å². The zero-order valence-electron chi connectivity index (χ0n) is 14.9. The second-order valence-corrected chi connectivity index (χ2v) is 6.65. The lowest BCUT2D eigenvalue weighted by molar-refractivity contribution is -0.797. The number of ether oxygens (including phenoxy) is 2. The standard InChI is InChI=1S/C20H20FNO5/c1-14-11-18(27-17-9-7-16(21)8-10-17)12-22(14,19(23)24)20(25)26-13-15-5-3-2-4-6-15/h2-10,14,18H,11-13H2,1H3/p+1/t14-,18-,22+/m1/s1. The minimum absolute atomic E-state index is 0.00313. The largest absolute Gasteiger partial charge is 0.527 e. The number of rotatable bonds is 4. The molecule has 0 saturated carbocycles. The van der Waals surface area contributed by atoms with Crippen LogP contribution in [0.4, 0.5) is 14.0 Å². The number of carbonyl (C=O) groups excluding carboxylic acids is 1. The van der Waals surface area contributed by atoms with Gasteiger partial charge in [-0.2, -0.15) is 9.59 Å². The third kappa shape index (κ3) is 3.93. The van der Waals surface area contributed by atoms with Gasteiger partial charge in [0.25, 0.3) is 0 Å². The Kier molecular flexibility index (Phi) is 5.41. The van der Waals surface area contributed by atoms with Gasteiger partial charge in [-0.25, -0.2) is 4.39 Å². The number of hydrogen-bond donors (Lipinski definition) is 1. The van der Waals surface area contributed by atoms with E-state index in [0.29, 0.717) is 12.2 Å². The van der Waals surface area contributed by atoms with Crippen molar-refractivity contribution < 1.29 is 33.0 Å². The molecule has 0 aliphatic carbocycles. The van der Waals surface area contributed by atoms with Crippen molar-refractivity contribution in [2.75, 3.05) is 6.54 Å². The minimum atomic E-state index is -1.27. The third-order valence-electron chi connectivity index (χ3n) is 4.84. The Bertz CT molecular complexity index is 811. The van der Waals surface area contributed by atoms with E-state index in [0.717, 1.165) is 5.56 Å². The van der Waals surface area contributed by atoms with Gasteiger partial charge in [0.1, 0.15) is 30.8 Å². The van der Waals surface area contributed by atoms with E-state index in [1.165, 1.54) is 24.3 Å². The van der Waals surface area contributed by atoms with Crippen molar-refractivity contribution in [3.8, 4) is 5.75 Å². The fraction of sp³-hybridized carbons (Fsp3) is 0.300. The average Bonchev–Trinajstić information content (AvgIpc) is 2.99. The number of imide groups is 1. The van der Waals surface area contributed by atoms with Gasteiger partial charge in [-0.1, -0.05) is 30.3 Å². The van der Waals surface area contributed by atoms with Crippen LogP contribution in [-0.4, -0.2) is 40.5 Å². The molecule has 0 aromatic heterocycles. The molecule has 2 aromatic rings. The van der Waals surface area contributed by atoms with Gasteiger partial charge in [0.2, 0.25) is 0 Å². The zero-order chi connectivity index (χ0) is 19.4. The molecule has 3 rings (SSSR count). The Morgan fingerprint density at radius 2 is 1.81 bits per heavy atom. The average molecular weight is 374 g/mol. The predicted molar refractivity (Wildman–Crippen MR) is 94.7 cm³/mol. The van der Waals surface area contributed by atoms with Crippen LogP contribution in [0.3, 0.4) is 0 Å². The monoisotopic (exact) mass is 374 g/mol. The summed E-state index contributed by atoms with van der Waals surface area (Å²) in [6.07, 6.45) is -2.22. The zero-order valence-corrected chi connectivity index (χ0v) is 14.9. The van der Waals surface area contributed by atoms with Crippen LogP contribution in [0, 0.1) is 5.82 Å². The SMILES string of the molecule is C[C@@H]1C[C@@H](Oc2ccc(F)cc2)C[N@+]1(C(=O)O)C(=O)OCc1ccccc1. The fourth-order valence-electron chi connectivity index (χ4n) is 3.36. The molecule has 0 unspecified atom stereocenters. The number of likely N-dealkylation sites (tertiary alicyclic amines) is 1. The molecular formula is C20H21FNO5+. The summed E-state index contributed by atoms with van der Waals surface area (Å²) in [7, 11) is 0. The van der Waals surface area contributed by atoms with E-state index in [1.807, 2.05) is 18.2 Å². The van der Waals surface area contributed by atoms with Gasteiger partial charge in [-0.05, 0) is 36.8 Å². The minimum Gasteiger partial charge on any atom is -0.484 e. The van der Waals surface area contributed by atoms with Crippen molar-refractivity contribution in [2.24, 2.45) is 0 Å². The molecule has 142 valence electrons. The Morgan fingerprint density at radius 3 is 2.44 bits per heavy atom. The number of halogens is 1. The van der Waals surface area contributed by atoms with Gasteiger partial charge < -0.3 is 14.6 Å². The Morgan fingerprint density at radius 1 is 1.15 bits per heavy atom. The topological polar surface area (TPSA) is 72.8 Å². The van der Waals surface area contributed by atoms with Gasteiger partial charge in [-0.3, -0.25) is 0 Å². The molecule has 1 heterocycles. The Hall–Kier alpha value is -2.93.